The van der Waals surface area contributed by atoms with Crippen molar-refractivity contribution < 1.29 is 4.79 Å². The van der Waals surface area contributed by atoms with Crippen LogP contribution < -0.4 is 0 Å². The van der Waals surface area contributed by atoms with Crippen LogP contribution >= 0.6 is 31.9 Å². The fraction of sp³-hybridized carbons (Fsp3) is 0.188. The van der Waals surface area contributed by atoms with E-state index >= 15 is 0 Å². The molecule has 0 aromatic heterocycles. The molecule has 0 atom stereocenters. The van der Waals surface area contributed by atoms with Gasteiger partial charge in [-0.05, 0) is 48.4 Å². The number of hydrogen-bond acceptors (Lipinski definition) is 1. The molecule has 2 aromatic rings. The molecule has 2 nitrogen and oxygen atoms in total. The Kier molecular flexibility index (Phi) is 5.00. The second-order valence-electron chi connectivity index (χ2n) is 4.75. The lowest BCUT2D eigenvalue weighted by atomic mass is 10.1. The van der Waals surface area contributed by atoms with Gasteiger partial charge < -0.3 is 4.90 Å². The smallest absolute Gasteiger partial charge is 0.253 e. The number of benzene rings is 2. The lowest BCUT2D eigenvalue weighted by Gasteiger charge is -2.18. The Balaban J connectivity index is 2.11. The quantitative estimate of drug-likeness (QED) is 0.730. The van der Waals surface area contributed by atoms with Crippen LogP contribution in [0.1, 0.15) is 21.5 Å². The molecule has 0 saturated carbocycles. The van der Waals surface area contributed by atoms with Crippen molar-refractivity contribution in [2.75, 3.05) is 7.05 Å². The van der Waals surface area contributed by atoms with Crippen LogP contribution in [0.4, 0.5) is 0 Å². The van der Waals surface area contributed by atoms with E-state index in [4.69, 9.17) is 0 Å². The van der Waals surface area contributed by atoms with Gasteiger partial charge in [0, 0.05) is 28.1 Å². The number of aryl methyl sites for hydroxylation is 1. The van der Waals surface area contributed by atoms with Gasteiger partial charge in [-0.3, -0.25) is 4.79 Å². The molecule has 4 heteroatoms. The minimum atomic E-state index is 0.0310. The summed E-state index contributed by atoms with van der Waals surface area (Å²) < 4.78 is 2.06. The highest BCUT2D eigenvalue weighted by Crippen LogP contribution is 2.19. The molecule has 0 fully saturated rings. The fourth-order valence-corrected chi connectivity index (χ4v) is 2.44. The van der Waals surface area contributed by atoms with E-state index in [1.807, 2.05) is 56.4 Å². The van der Waals surface area contributed by atoms with Gasteiger partial charge in [0.25, 0.3) is 5.91 Å². The fourth-order valence-electron chi connectivity index (χ4n) is 1.93. The van der Waals surface area contributed by atoms with E-state index in [9.17, 15) is 4.79 Å². The molecule has 0 aliphatic rings. The van der Waals surface area contributed by atoms with Gasteiger partial charge >= 0.3 is 0 Å². The second kappa shape index (κ2) is 6.55. The summed E-state index contributed by atoms with van der Waals surface area (Å²) in [5.74, 6) is 0.0310. The first kappa shape index (κ1) is 15.3. The van der Waals surface area contributed by atoms with Crippen molar-refractivity contribution in [1.82, 2.24) is 4.90 Å². The number of carbonyl (C=O) groups is 1. The molecule has 0 spiro atoms. The Morgan fingerprint density at radius 1 is 1.10 bits per heavy atom. The Hall–Kier alpha value is -1.13. The summed E-state index contributed by atoms with van der Waals surface area (Å²) in [4.78, 5) is 14.1. The van der Waals surface area contributed by atoms with Crippen LogP contribution in [-0.2, 0) is 6.54 Å². The molecule has 0 aliphatic heterocycles. The largest absolute Gasteiger partial charge is 0.337 e. The Morgan fingerprint density at radius 3 is 2.35 bits per heavy atom. The van der Waals surface area contributed by atoms with Crippen molar-refractivity contribution in [2.24, 2.45) is 0 Å². The summed E-state index contributed by atoms with van der Waals surface area (Å²) in [6.45, 7) is 2.58. The molecule has 0 unspecified atom stereocenters. The summed E-state index contributed by atoms with van der Waals surface area (Å²) in [6.07, 6.45) is 0. The summed E-state index contributed by atoms with van der Waals surface area (Å²) in [5.41, 5.74) is 2.89. The first-order chi connectivity index (χ1) is 9.47. The van der Waals surface area contributed by atoms with Gasteiger partial charge in [0.15, 0.2) is 0 Å². The Labute approximate surface area is 136 Å². The van der Waals surface area contributed by atoms with Crippen LogP contribution in [0.2, 0.25) is 0 Å². The third-order valence-corrected chi connectivity index (χ3v) is 4.50. The monoisotopic (exact) mass is 395 g/mol. The van der Waals surface area contributed by atoms with Gasteiger partial charge in [-0.15, -0.1) is 0 Å². The van der Waals surface area contributed by atoms with E-state index in [0.717, 1.165) is 20.1 Å². The standard InChI is InChI=1S/C16H15Br2NO/c1-11-9-13(5-8-15(11)18)16(20)19(2)10-12-3-6-14(17)7-4-12/h3-9H,10H2,1-2H3. The molecule has 104 valence electrons. The highest BCUT2D eigenvalue weighted by Gasteiger charge is 2.12. The van der Waals surface area contributed by atoms with E-state index in [-0.39, 0.29) is 5.91 Å². The van der Waals surface area contributed by atoms with Gasteiger partial charge in [0.1, 0.15) is 0 Å². The first-order valence-corrected chi connectivity index (χ1v) is 7.82. The molecule has 0 saturated heterocycles. The van der Waals surface area contributed by atoms with Crippen molar-refractivity contribution in [2.45, 2.75) is 13.5 Å². The van der Waals surface area contributed by atoms with Crippen molar-refractivity contribution in [3.63, 3.8) is 0 Å². The Bertz CT molecular complexity index is 623. The summed E-state index contributed by atoms with van der Waals surface area (Å²) in [6, 6.07) is 13.7. The maximum atomic E-state index is 12.4. The predicted octanol–water partition coefficient (Wildman–Crippen LogP) is 4.79. The summed E-state index contributed by atoms with van der Waals surface area (Å²) in [5, 5.41) is 0. The normalized spacial score (nSPS) is 10.4. The van der Waals surface area contributed by atoms with Crippen molar-refractivity contribution in [3.8, 4) is 0 Å². The third-order valence-electron chi connectivity index (χ3n) is 3.08. The van der Waals surface area contributed by atoms with Gasteiger partial charge in [0.2, 0.25) is 0 Å². The Morgan fingerprint density at radius 2 is 1.75 bits per heavy atom. The molecule has 0 radical (unpaired) electrons. The van der Waals surface area contributed by atoms with Crippen LogP contribution in [0.15, 0.2) is 51.4 Å². The van der Waals surface area contributed by atoms with E-state index in [0.29, 0.717) is 12.1 Å². The lowest BCUT2D eigenvalue weighted by molar-refractivity contribution is 0.0785. The maximum Gasteiger partial charge on any atom is 0.253 e. The zero-order chi connectivity index (χ0) is 14.7. The predicted molar refractivity (Wildman–Crippen MR) is 88.8 cm³/mol. The van der Waals surface area contributed by atoms with Crippen LogP contribution in [0.3, 0.4) is 0 Å². The number of rotatable bonds is 3. The van der Waals surface area contributed by atoms with Crippen molar-refractivity contribution in [1.29, 1.82) is 0 Å². The number of halogens is 2. The minimum Gasteiger partial charge on any atom is -0.337 e. The minimum absolute atomic E-state index is 0.0310. The maximum absolute atomic E-state index is 12.4. The summed E-state index contributed by atoms with van der Waals surface area (Å²) in [7, 11) is 1.82. The number of hydrogen-bond donors (Lipinski definition) is 0. The van der Waals surface area contributed by atoms with E-state index in [2.05, 4.69) is 31.9 Å². The molecule has 20 heavy (non-hydrogen) atoms. The first-order valence-electron chi connectivity index (χ1n) is 6.23. The molecule has 1 amide bonds. The highest BCUT2D eigenvalue weighted by molar-refractivity contribution is 9.10. The average Bonchev–Trinajstić information content (AvgIpc) is 2.43. The molecule has 2 aromatic carbocycles. The van der Waals surface area contributed by atoms with Gasteiger partial charge in [-0.2, -0.15) is 0 Å². The molecule has 0 aliphatic carbocycles. The average molecular weight is 397 g/mol. The molecule has 0 N–H and O–H groups in total. The second-order valence-corrected chi connectivity index (χ2v) is 6.52. The SMILES string of the molecule is Cc1cc(C(=O)N(C)Cc2ccc(Br)cc2)ccc1Br. The van der Waals surface area contributed by atoms with Crippen LogP contribution in [-0.4, -0.2) is 17.9 Å². The molecular formula is C16H15Br2NO. The lowest BCUT2D eigenvalue weighted by Crippen LogP contribution is -2.26. The highest BCUT2D eigenvalue weighted by atomic mass is 79.9. The summed E-state index contributed by atoms with van der Waals surface area (Å²) >= 11 is 6.85. The van der Waals surface area contributed by atoms with Gasteiger partial charge in [0.05, 0.1) is 0 Å². The molecule has 0 heterocycles. The zero-order valence-electron chi connectivity index (χ0n) is 11.4. The van der Waals surface area contributed by atoms with Gasteiger partial charge in [-0.25, -0.2) is 0 Å². The third kappa shape index (κ3) is 3.70. The number of carbonyl (C=O) groups excluding carboxylic acids is 1. The zero-order valence-corrected chi connectivity index (χ0v) is 14.5. The van der Waals surface area contributed by atoms with Crippen LogP contribution in [0.5, 0.6) is 0 Å². The number of amides is 1. The van der Waals surface area contributed by atoms with Crippen molar-refractivity contribution in [3.05, 3.63) is 68.1 Å². The van der Waals surface area contributed by atoms with Crippen LogP contribution in [0, 0.1) is 6.92 Å². The topological polar surface area (TPSA) is 20.3 Å². The molecule has 2 rings (SSSR count). The molecule has 0 bridgehead atoms. The van der Waals surface area contributed by atoms with Crippen LogP contribution in [0.25, 0.3) is 0 Å². The number of nitrogens with zero attached hydrogens (tertiary/aromatic N) is 1. The van der Waals surface area contributed by atoms with E-state index < -0.39 is 0 Å². The van der Waals surface area contributed by atoms with E-state index in [1.165, 1.54) is 0 Å². The molecular weight excluding hydrogens is 382 g/mol. The van der Waals surface area contributed by atoms with Gasteiger partial charge in [-0.1, -0.05) is 44.0 Å². The van der Waals surface area contributed by atoms with E-state index in [1.54, 1.807) is 4.90 Å². The van der Waals surface area contributed by atoms with Crippen molar-refractivity contribution >= 4 is 37.8 Å².